The van der Waals surface area contributed by atoms with Crippen molar-refractivity contribution in [2.75, 3.05) is 15.5 Å². The molecule has 0 unspecified atom stereocenters. The lowest BCUT2D eigenvalue weighted by Crippen LogP contribution is -2.32. The molecule has 3 amide bonds. The summed E-state index contributed by atoms with van der Waals surface area (Å²) in [5.74, 6) is -2.24. The first kappa shape index (κ1) is 28.6. The summed E-state index contributed by atoms with van der Waals surface area (Å²) < 4.78 is 5.20. The first-order chi connectivity index (χ1) is 19.2. The number of imide groups is 1. The predicted molar refractivity (Wildman–Crippen MR) is 155 cm³/mol. The van der Waals surface area contributed by atoms with E-state index in [4.69, 9.17) is 16.3 Å². The Hall–Kier alpha value is -4.43. The van der Waals surface area contributed by atoms with Gasteiger partial charge in [-0.15, -0.1) is 0 Å². The topological polar surface area (TPSA) is 105 Å². The van der Waals surface area contributed by atoms with E-state index in [1.54, 1.807) is 44.2 Å². The molecule has 2 N–H and O–H groups in total. The Morgan fingerprint density at radius 3 is 2.23 bits per heavy atom. The normalized spacial score (nSPS) is 13.2. The van der Waals surface area contributed by atoms with Gasteiger partial charge in [0.25, 0.3) is 17.7 Å². The highest BCUT2D eigenvalue weighted by atomic mass is 35.5. The van der Waals surface area contributed by atoms with Crippen LogP contribution < -0.4 is 15.5 Å². The van der Waals surface area contributed by atoms with Gasteiger partial charge in [0, 0.05) is 16.9 Å². The first-order valence-corrected chi connectivity index (χ1v) is 13.4. The molecule has 0 saturated heterocycles. The molecule has 40 heavy (non-hydrogen) atoms. The van der Waals surface area contributed by atoms with Crippen molar-refractivity contribution in [1.82, 2.24) is 0 Å². The number of amides is 3. The molecule has 206 valence electrons. The molecule has 1 aliphatic rings. The lowest BCUT2D eigenvalue weighted by Gasteiger charge is -2.16. The number of esters is 1. The fourth-order valence-corrected chi connectivity index (χ4v) is 4.30. The van der Waals surface area contributed by atoms with Crippen molar-refractivity contribution in [3.8, 4) is 0 Å². The minimum Gasteiger partial charge on any atom is -0.459 e. The molecule has 0 aromatic heterocycles. The molecular formula is C31H30ClN3O5. The molecule has 0 aliphatic carbocycles. The van der Waals surface area contributed by atoms with Gasteiger partial charge in [-0.2, -0.15) is 0 Å². The number of unbranched alkanes of at least 4 members (excludes halogenated alkanes) is 1. The summed E-state index contributed by atoms with van der Waals surface area (Å²) >= 11 is 6.25. The van der Waals surface area contributed by atoms with E-state index in [1.165, 1.54) is 23.8 Å². The largest absolute Gasteiger partial charge is 0.459 e. The van der Waals surface area contributed by atoms with Crippen LogP contribution in [-0.2, 0) is 20.7 Å². The van der Waals surface area contributed by atoms with Gasteiger partial charge in [0.05, 0.1) is 17.4 Å². The molecule has 1 aliphatic heterocycles. The quantitative estimate of drug-likeness (QED) is 0.224. The zero-order chi connectivity index (χ0) is 28.8. The molecule has 0 spiro atoms. The average Bonchev–Trinajstić information content (AvgIpc) is 3.15. The van der Waals surface area contributed by atoms with Gasteiger partial charge < -0.3 is 15.4 Å². The third-order valence-electron chi connectivity index (χ3n) is 6.16. The molecule has 8 nitrogen and oxygen atoms in total. The van der Waals surface area contributed by atoms with Crippen LogP contribution in [0.2, 0.25) is 0 Å². The van der Waals surface area contributed by atoms with Crippen LogP contribution in [-0.4, -0.2) is 29.8 Å². The van der Waals surface area contributed by atoms with Crippen LogP contribution in [0.3, 0.4) is 0 Å². The van der Waals surface area contributed by atoms with Crippen LogP contribution in [0.1, 0.15) is 59.9 Å². The standard InChI is InChI=1S/C31H30ClN3O5/c1-4-5-7-20-10-14-24(15-11-20)34-28(36)21-12-16-23(17-13-21)33-27-26(32)29(37)35(30(27)38)25-9-6-8-22(18-25)31(39)40-19(2)3/h6,8-19,33H,4-5,7H2,1-3H3,(H,34,36). The first-order valence-electron chi connectivity index (χ1n) is 13.0. The highest BCUT2D eigenvalue weighted by molar-refractivity contribution is 6.53. The summed E-state index contributed by atoms with van der Waals surface area (Å²) in [5, 5.41) is 5.47. The number of nitrogens with one attached hydrogen (secondary N) is 2. The number of halogens is 1. The van der Waals surface area contributed by atoms with Gasteiger partial charge in [0.15, 0.2) is 0 Å². The molecule has 1 heterocycles. The molecule has 3 aromatic rings. The van der Waals surface area contributed by atoms with E-state index in [0.717, 1.165) is 24.2 Å². The lowest BCUT2D eigenvalue weighted by atomic mass is 10.1. The van der Waals surface area contributed by atoms with E-state index in [1.807, 2.05) is 24.3 Å². The number of hydrogen-bond acceptors (Lipinski definition) is 6. The Balaban J connectivity index is 1.42. The zero-order valence-corrected chi connectivity index (χ0v) is 23.2. The Morgan fingerprint density at radius 1 is 0.900 bits per heavy atom. The Kier molecular flexibility index (Phi) is 9.01. The van der Waals surface area contributed by atoms with Gasteiger partial charge in [0.2, 0.25) is 0 Å². The molecule has 3 aromatic carbocycles. The van der Waals surface area contributed by atoms with E-state index in [-0.39, 0.29) is 34.0 Å². The number of nitrogens with zero attached hydrogens (tertiary/aromatic N) is 1. The maximum Gasteiger partial charge on any atom is 0.338 e. The van der Waals surface area contributed by atoms with Gasteiger partial charge in [0.1, 0.15) is 10.7 Å². The summed E-state index contributed by atoms with van der Waals surface area (Å²) in [6.45, 7) is 5.60. The predicted octanol–water partition coefficient (Wildman–Crippen LogP) is 6.28. The van der Waals surface area contributed by atoms with Gasteiger partial charge >= 0.3 is 5.97 Å². The van der Waals surface area contributed by atoms with Gasteiger partial charge in [-0.05, 0) is 86.8 Å². The Bertz CT molecular complexity index is 1460. The second-order valence-electron chi connectivity index (χ2n) is 9.60. The van der Waals surface area contributed by atoms with E-state index in [0.29, 0.717) is 16.9 Å². The number of aryl methyl sites for hydroxylation is 1. The monoisotopic (exact) mass is 559 g/mol. The third kappa shape index (κ3) is 6.58. The number of carbonyl (C=O) groups is 4. The summed E-state index contributed by atoms with van der Waals surface area (Å²) in [6.07, 6.45) is 2.93. The zero-order valence-electron chi connectivity index (χ0n) is 22.5. The van der Waals surface area contributed by atoms with Gasteiger partial charge in [-0.1, -0.05) is 43.1 Å². The van der Waals surface area contributed by atoms with Crippen molar-refractivity contribution in [3.05, 3.63) is 100 Å². The van der Waals surface area contributed by atoms with E-state index < -0.39 is 17.8 Å². The van der Waals surface area contributed by atoms with E-state index in [9.17, 15) is 19.2 Å². The number of hydrogen-bond donors (Lipinski definition) is 2. The van der Waals surface area contributed by atoms with Crippen molar-refractivity contribution in [2.24, 2.45) is 0 Å². The second-order valence-corrected chi connectivity index (χ2v) is 9.97. The molecule has 0 bridgehead atoms. The van der Waals surface area contributed by atoms with Crippen LogP contribution in [0.4, 0.5) is 17.1 Å². The van der Waals surface area contributed by atoms with Gasteiger partial charge in [-0.25, -0.2) is 9.69 Å². The van der Waals surface area contributed by atoms with E-state index in [2.05, 4.69) is 17.6 Å². The molecular weight excluding hydrogens is 530 g/mol. The van der Waals surface area contributed by atoms with Crippen LogP contribution in [0.15, 0.2) is 83.5 Å². The van der Waals surface area contributed by atoms with Crippen LogP contribution in [0.5, 0.6) is 0 Å². The van der Waals surface area contributed by atoms with Crippen molar-refractivity contribution in [3.63, 3.8) is 0 Å². The fraction of sp³-hybridized carbons (Fsp3) is 0.226. The van der Waals surface area contributed by atoms with Crippen LogP contribution >= 0.6 is 11.6 Å². The molecule has 0 saturated carbocycles. The van der Waals surface area contributed by atoms with Crippen molar-refractivity contribution >= 4 is 52.4 Å². The summed E-state index contributed by atoms with van der Waals surface area (Å²) in [7, 11) is 0. The highest BCUT2D eigenvalue weighted by Gasteiger charge is 2.39. The summed E-state index contributed by atoms with van der Waals surface area (Å²) in [6, 6.07) is 20.2. The maximum absolute atomic E-state index is 13.2. The van der Waals surface area contributed by atoms with Gasteiger partial charge in [-0.3, -0.25) is 14.4 Å². The molecule has 0 radical (unpaired) electrons. The fourth-order valence-electron chi connectivity index (χ4n) is 4.09. The van der Waals surface area contributed by atoms with Crippen molar-refractivity contribution < 1.29 is 23.9 Å². The molecule has 0 atom stereocenters. The van der Waals surface area contributed by atoms with Crippen molar-refractivity contribution in [1.29, 1.82) is 0 Å². The highest BCUT2D eigenvalue weighted by Crippen LogP contribution is 2.31. The summed E-state index contributed by atoms with van der Waals surface area (Å²) in [5.41, 5.74) is 3.08. The third-order valence-corrected chi connectivity index (χ3v) is 6.51. The minimum absolute atomic E-state index is 0.109. The SMILES string of the molecule is CCCCc1ccc(NC(=O)c2ccc(NC3=C(Cl)C(=O)N(c4cccc(C(=O)OC(C)C)c4)C3=O)cc2)cc1. The summed E-state index contributed by atoms with van der Waals surface area (Å²) in [4.78, 5) is 51.9. The Morgan fingerprint density at radius 2 is 1.57 bits per heavy atom. The number of rotatable bonds is 10. The Labute approximate surface area is 238 Å². The molecule has 4 rings (SSSR count). The smallest absolute Gasteiger partial charge is 0.338 e. The number of benzene rings is 3. The maximum atomic E-state index is 13.2. The number of carbonyl (C=O) groups excluding carboxylic acids is 4. The molecule has 9 heteroatoms. The number of ether oxygens (including phenoxy) is 1. The van der Waals surface area contributed by atoms with E-state index >= 15 is 0 Å². The van der Waals surface area contributed by atoms with Crippen LogP contribution in [0, 0.1) is 0 Å². The average molecular weight is 560 g/mol. The number of anilines is 3. The lowest BCUT2D eigenvalue weighted by molar-refractivity contribution is -0.120. The molecule has 0 fully saturated rings. The van der Waals surface area contributed by atoms with Crippen LogP contribution in [0.25, 0.3) is 0 Å². The second kappa shape index (κ2) is 12.6. The van der Waals surface area contributed by atoms with Crippen molar-refractivity contribution in [2.45, 2.75) is 46.1 Å². The minimum atomic E-state index is -0.722.